The van der Waals surface area contributed by atoms with E-state index in [4.69, 9.17) is 5.11 Å². The van der Waals surface area contributed by atoms with Crippen molar-refractivity contribution < 1.29 is 18.3 Å². The molecule has 0 aliphatic rings. The first-order valence-corrected chi connectivity index (χ1v) is 7.77. The van der Waals surface area contributed by atoms with Gasteiger partial charge in [-0.25, -0.2) is 18.2 Å². The highest BCUT2D eigenvalue weighted by Gasteiger charge is 2.29. The van der Waals surface area contributed by atoms with Gasteiger partial charge in [-0.3, -0.25) is 4.98 Å². The smallest absolute Gasteiger partial charge is 0.356 e. The number of rotatable bonds is 5. The van der Waals surface area contributed by atoms with Crippen molar-refractivity contribution in [2.24, 2.45) is 0 Å². The number of aromatic nitrogens is 2. The molecule has 2 aromatic heterocycles. The zero-order valence-electron chi connectivity index (χ0n) is 10.4. The van der Waals surface area contributed by atoms with Gasteiger partial charge in [0.05, 0.1) is 5.51 Å². The predicted molar refractivity (Wildman–Crippen MR) is 72.0 cm³/mol. The summed E-state index contributed by atoms with van der Waals surface area (Å²) >= 11 is 0.787. The van der Waals surface area contributed by atoms with Crippen LogP contribution in [-0.2, 0) is 16.6 Å². The molecular weight excluding hydrogens is 302 g/mol. The summed E-state index contributed by atoms with van der Waals surface area (Å²) in [6.07, 6.45) is 3.14. The van der Waals surface area contributed by atoms with Crippen LogP contribution in [0.5, 0.6) is 0 Å². The Bertz CT molecular complexity index is 712. The summed E-state index contributed by atoms with van der Waals surface area (Å²) in [5.74, 6) is -1.36. The number of nitrogens with zero attached hydrogens (tertiary/aromatic N) is 3. The average Bonchev–Trinajstić information content (AvgIpc) is 2.89. The molecule has 0 amide bonds. The van der Waals surface area contributed by atoms with Crippen LogP contribution in [0.2, 0.25) is 0 Å². The van der Waals surface area contributed by atoms with Gasteiger partial charge in [0, 0.05) is 26.0 Å². The first kappa shape index (κ1) is 14.6. The molecule has 0 unspecified atom stereocenters. The van der Waals surface area contributed by atoms with Gasteiger partial charge in [-0.15, -0.1) is 11.3 Å². The van der Waals surface area contributed by atoms with Crippen molar-refractivity contribution in [3.8, 4) is 0 Å². The lowest BCUT2D eigenvalue weighted by Crippen LogP contribution is -2.27. The molecule has 0 saturated heterocycles. The molecule has 106 valence electrons. The standard InChI is InChI=1S/C11H11N3O4S2/c1-14(6-8-3-2-4-12-5-8)20(17,18)11-9(10(15)16)13-7-19-11/h2-5,7H,6H2,1H3,(H,15,16). The predicted octanol–water partition coefficient (Wildman–Crippen LogP) is 1.06. The van der Waals surface area contributed by atoms with Crippen molar-refractivity contribution in [2.75, 3.05) is 7.05 Å². The minimum atomic E-state index is -3.89. The second-order valence-corrected chi connectivity index (χ2v) is 7.01. The molecule has 2 heterocycles. The molecule has 0 saturated carbocycles. The lowest BCUT2D eigenvalue weighted by Gasteiger charge is -2.16. The number of carbonyl (C=O) groups is 1. The Kier molecular flexibility index (Phi) is 4.12. The van der Waals surface area contributed by atoms with E-state index < -0.39 is 21.7 Å². The molecule has 0 fully saturated rings. The highest BCUT2D eigenvalue weighted by Crippen LogP contribution is 2.24. The molecule has 0 radical (unpaired) electrons. The number of pyridine rings is 1. The molecule has 2 aromatic rings. The van der Waals surface area contributed by atoms with Gasteiger partial charge in [0.2, 0.25) is 0 Å². The number of hydrogen-bond acceptors (Lipinski definition) is 6. The van der Waals surface area contributed by atoms with E-state index in [0.29, 0.717) is 5.56 Å². The highest BCUT2D eigenvalue weighted by atomic mass is 32.2. The Morgan fingerprint density at radius 1 is 1.50 bits per heavy atom. The van der Waals surface area contributed by atoms with Crippen LogP contribution in [0.1, 0.15) is 16.1 Å². The number of thiazole rings is 1. The molecule has 0 atom stereocenters. The molecule has 9 heteroatoms. The third kappa shape index (κ3) is 2.84. The van der Waals surface area contributed by atoms with Crippen molar-refractivity contribution in [1.82, 2.24) is 14.3 Å². The Morgan fingerprint density at radius 3 is 2.85 bits per heavy atom. The summed E-state index contributed by atoms with van der Waals surface area (Å²) in [5, 5.41) is 8.94. The molecule has 1 N–H and O–H groups in total. The Labute approximate surface area is 119 Å². The SMILES string of the molecule is CN(Cc1cccnc1)S(=O)(=O)c1scnc1C(=O)O. The molecule has 0 bridgehead atoms. The van der Waals surface area contributed by atoms with Gasteiger partial charge in [-0.2, -0.15) is 4.31 Å². The van der Waals surface area contributed by atoms with Crippen molar-refractivity contribution >= 4 is 27.3 Å². The number of aromatic carboxylic acids is 1. The zero-order chi connectivity index (χ0) is 14.8. The van der Waals surface area contributed by atoms with Crippen LogP contribution in [0.4, 0.5) is 0 Å². The van der Waals surface area contributed by atoms with Crippen LogP contribution < -0.4 is 0 Å². The summed E-state index contributed by atoms with van der Waals surface area (Å²) in [4.78, 5) is 18.4. The molecule has 2 rings (SSSR count). The number of carboxylic acids is 1. The van der Waals surface area contributed by atoms with Crippen molar-refractivity contribution in [3.63, 3.8) is 0 Å². The summed E-state index contributed by atoms with van der Waals surface area (Å²) < 4.78 is 25.5. The number of sulfonamides is 1. The molecule has 0 aliphatic heterocycles. The maximum absolute atomic E-state index is 12.3. The Hall–Kier alpha value is -1.84. The molecule has 0 aliphatic carbocycles. The van der Waals surface area contributed by atoms with E-state index >= 15 is 0 Å². The maximum atomic E-state index is 12.3. The molecule has 20 heavy (non-hydrogen) atoms. The second kappa shape index (κ2) is 5.65. The lowest BCUT2D eigenvalue weighted by atomic mass is 10.3. The fraction of sp³-hybridized carbons (Fsp3) is 0.182. The quantitative estimate of drug-likeness (QED) is 0.885. The maximum Gasteiger partial charge on any atom is 0.356 e. The van der Waals surface area contributed by atoms with Gasteiger partial charge in [-0.05, 0) is 11.6 Å². The topological polar surface area (TPSA) is 100 Å². The van der Waals surface area contributed by atoms with Crippen LogP contribution in [0, 0.1) is 0 Å². The largest absolute Gasteiger partial charge is 0.476 e. The zero-order valence-corrected chi connectivity index (χ0v) is 12.1. The van der Waals surface area contributed by atoms with E-state index in [1.807, 2.05) is 0 Å². The highest BCUT2D eigenvalue weighted by molar-refractivity contribution is 7.91. The van der Waals surface area contributed by atoms with Gasteiger partial charge in [0.1, 0.15) is 0 Å². The first-order valence-electron chi connectivity index (χ1n) is 5.45. The summed E-state index contributed by atoms with van der Waals surface area (Å²) in [6.45, 7) is 0.104. The van der Waals surface area contributed by atoms with Crippen molar-refractivity contribution in [1.29, 1.82) is 0 Å². The second-order valence-electron chi connectivity index (χ2n) is 3.92. The van der Waals surface area contributed by atoms with Gasteiger partial charge >= 0.3 is 5.97 Å². The van der Waals surface area contributed by atoms with Gasteiger partial charge in [-0.1, -0.05) is 6.07 Å². The minimum absolute atomic E-state index is 0.104. The number of hydrogen-bond donors (Lipinski definition) is 1. The summed E-state index contributed by atoms with van der Waals surface area (Å²) in [5.41, 5.74) is 1.46. The van der Waals surface area contributed by atoms with Crippen molar-refractivity contribution in [3.05, 3.63) is 41.3 Å². The summed E-state index contributed by atoms with van der Waals surface area (Å²) in [7, 11) is -2.51. The third-order valence-electron chi connectivity index (χ3n) is 2.51. The van der Waals surface area contributed by atoms with Crippen LogP contribution >= 0.6 is 11.3 Å². The van der Waals surface area contributed by atoms with Gasteiger partial charge in [0.15, 0.2) is 9.90 Å². The van der Waals surface area contributed by atoms with E-state index in [1.54, 1.807) is 24.5 Å². The molecule has 7 nitrogen and oxygen atoms in total. The van der Waals surface area contributed by atoms with Crippen LogP contribution in [0.3, 0.4) is 0 Å². The van der Waals surface area contributed by atoms with E-state index in [0.717, 1.165) is 15.6 Å². The van der Waals surface area contributed by atoms with E-state index in [2.05, 4.69) is 9.97 Å². The fourth-order valence-corrected chi connectivity index (χ4v) is 4.03. The minimum Gasteiger partial charge on any atom is -0.476 e. The van der Waals surface area contributed by atoms with Gasteiger partial charge < -0.3 is 5.11 Å². The normalized spacial score (nSPS) is 11.7. The Morgan fingerprint density at radius 2 is 2.25 bits per heavy atom. The van der Waals surface area contributed by atoms with E-state index in [1.165, 1.54) is 12.6 Å². The monoisotopic (exact) mass is 313 g/mol. The fourth-order valence-electron chi connectivity index (χ4n) is 1.54. The first-order chi connectivity index (χ1) is 9.43. The summed E-state index contributed by atoms with van der Waals surface area (Å²) in [6, 6.07) is 3.44. The van der Waals surface area contributed by atoms with Crippen LogP contribution in [0.15, 0.2) is 34.2 Å². The van der Waals surface area contributed by atoms with Crippen LogP contribution in [0.25, 0.3) is 0 Å². The third-order valence-corrected chi connectivity index (χ3v) is 5.66. The molecule has 0 spiro atoms. The number of carboxylic acid groups (broad SMARTS) is 1. The molecular formula is C11H11N3O4S2. The average molecular weight is 313 g/mol. The van der Waals surface area contributed by atoms with Crippen molar-refractivity contribution in [2.45, 2.75) is 10.8 Å². The van der Waals surface area contributed by atoms with Crippen LogP contribution in [-0.4, -0.2) is 40.8 Å². The van der Waals surface area contributed by atoms with Gasteiger partial charge in [0.25, 0.3) is 10.0 Å². The lowest BCUT2D eigenvalue weighted by molar-refractivity contribution is 0.0687. The van der Waals surface area contributed by atoms with E-state index in [-0.39, 0.29) is 10.8 Å². The van der Waals surface area contributed by atoms with E-state index in [9.17, 15) is 13.2 Å². The molecule has 0 aromatic carbocycles. The Balaban J connectivity index is 2.30.